The Kier molecular flexibility index (Phi) is 8.16. The van der Waals surface area contributed by atoms with Gasteiger partial charge in [0.2, 0.25) is 5.91 Å². The van der Waals surface area contributed by atoms with Crippen molar-refractivity contribution in [1.29, 1.82) is 0 Å². The molecule has 1 saturated heterocycles. The lowest BCUT2D eigenvalue weighted by atomic mass is 9.89. The fourth-order valence-corrected chi connectivity index (χ4v) is 3.58. The first-order chi connectivity index (χ1) is 11.8. The number of nitrogens with two attached hydrogens (primary N) is 1. The van der Waals surface area contributed by atoms with E-state index in [0.29, 0.717) is 19.7 Å². The van der Waals surface area contributed by atoms with E-state index in [9.17, 15) is 4.79 Å². The number of carbonyl (C=O) groups excluding carboxylic acids is 1. The summed E-state index contributed by atoms with van der Waals surface area (Å²) in [5.41, 5.74) is 8.31. The molecule has 3 rings (SSSR count). The maximum absolute atomic E-state index is 12.0. The summed E-state index contributed by atoms with van der Waals surface area (Å²) in [5.74, 6) is -0.0195. The predicted octanol–water partition coefficient (Wildman–Crippen LogP) is 2.51. The monoisotopic (exact) mass is 368 g/mol. The summed E-state index contributed by atoms with van der Waals surface area (Å²) in [6.45, 7) is 1.77. The third kappa shape index (κ3) is 5.42. The van der Waals surface area contributed by atoms with E-state index in [1.807, 2.05) is 0 Å². The van der Waals surface area contributed by atoms with Gasteiger partial charge in [0.25, 0.3) is 0 Å². The number of hydrogen-bond donors (Lipinski definition) is 2. The molecule has 1 amide bonds. The second-order valence-electron chi connectivity index (χ2n) is 6.65. The number of aryl methyl sites for hydroxylation is 1. The molecule has 6 heteroatoms. The van der Waals surface area contributed by atoms with E-state index in [1.165, 1.54) is 17.5 Å². The summed E-state index contributed by atoms with van der Waals surface area (Å²) >= 11 is 0. The van der Waals surface area contributed by atoms with Crippen molar-refractivity contribution in [3.8, 4) is 0 Å². The zero-order valence-electron chi connectivity index (χ0n) is 14.6. The second kappa shape index (κ2) is 10.1. The Balaban J connectivity index is 0.00000225. The maximum Gasteiger partial charge on any atom is 0.249 e. The molecule has 1 aliphatic carbocycles. The number of fused-ring (bicyclic) bond motifs is 1. The molecule has 1 aliphatic heterocycles. The topological polar surface area (TPSA) is 73.6 Å². The predicted molar refractivity (Wildman–Crippen MR) is 99.9 cm³/mol. The highest BCUT2D eigenvalue weighted by Crippen LogP contribution is 2.32. The van der Waals surface area contributed by atoms with Crippen LogP contribution in [-0.4, -0.2) is 37.8 Å². The molecule has 140 valence electrons. The first-order valence-corrected chi connectivity index (χ1v) is 9.10. The molecule has 1 fully saturated rings. The number of ether oxygens (including phenoxy) is 2. The minimum absolute atomic E-state index is 0. The van der Waals surface area contributed by atoms with Crippen LogP contribution in [0, 0.1) is 0 Å². The largest absolute Gasteiger partial charge is 0.373 e. The van der Waals surface area contributed by atoms with Crippen LogP contribution in [0.25, 0.3) is 0 Å². The number of amides is 1. The summed E-state index contributed by atoms with van der Waals surface area (Å²) in [4.78, 5) is 12.0. The molecule has 3 atom stereocenters. The third-order valence-electron chi connectivity index (χ3n) is 4.92. The maximum atomic E-state index is 12.0. The lowest BCUT2D eigenvalue weighted by Gasteiger charge is -2.25. The van der Waals surface area contributed by atoms with Gasteiger partial charge in [-0.15, -0.1) is 12.4 Å². The normalized spacial score (nSPS) is 25.1. The van der Waals surface area contributed by atoms with Crippen LogP contribution in [-0.2, 0) is 20.7 Å². The van der Waals surface area contributed by atoms with Gasteiger partial charge in [-0.3, -0.25) is 4.79 Å². The van der Waals surface area contributed by atoms with Crippen LogP contribution in [0.2, 0.25) is 0 Å². The Hall–Kier alpha value is -1.14. The highest BCUT2D eigenvalue weighted by Gasteiger charge is 2.29. The standard InChI is InChI=1S/C19H28N2O3.ClH/c20-13-15-9-10-18(24-15)19(22)21-11-4-12-23-17-8-3-6-14-5-1-2-7-16(14)17;/h1-2,5,7,15,17-18H,3-4,6,8-13,20H2,(H,21,22);1H/t15-,17?,18+;/m1./s1. The number of rotatable bonds is 7. The zero-order valence-corrected chi connectivity index (χ0v) is 15.4. The molecule has 3 N–H and O–H groups in total. The van der Waals surface area contributed by atoms with Crippen molar-refractivity contribution >= 4 is 18.3 Å². The van der Waals surface area contributed by atoms with Crippen LogP contribution in [0.4, 0.5) is 0 Å². The molecule has 2 aliphatic rings. The minimum atomic E-state index is -0.329. The van der Waals surface area contributed by atoms with E-state index < -0.39 is 0 Å². The molecule has 0 spiro atoms. The van der Waals surface area contributed by atoms with Gasteiger partial charge in [0.1, 0.15) is 6.10 Å². The van der Waals surface area contributed by atoms with Gasteiger partial charge in [0, 0.05) is 19.7 Å². The van der Waals surface area contributed by atoms with Crippen molar-refractivity contribution in [3.05, 3.63) is 35.4 Å². The van der Waals surface area contributed by atoms with E-state index in [-0.39, 0.29) is 36.6 Å². The Morgan fingerprint density at radius 3 is 2.92 bits per heavy atom. The number of hydrogen-bond acceptors (Lipinski definition) is 4. The van der Waals surface area contributed by atoms with E-state index in [1.54, 1.807) is 0 Å². The summed E-state index contributed by atoms with van der Waals surface area (Å²) in [5, 5.41) is 2.94. The van der Waals surface area contributed by atoms with Crippen molar-refractivity contribution in [2.75, 3.05) is 19.7 Å². The Labute approximate surface area is 156 Å². The van der Waals surface area contributed by atoms with Crippen LogP contribution >= 0.6 is 12.4 Å². The molecule has 5 nitrogen and oxygen atoms in total. The average molecular weight is 369 g/mol. The van der Waals surface area contributed by atoms with Gasteiger partial charge in [0.15, 0.2) is 0 Å². The van der Waals surface area contributed by atoms with Crippen LogP contribution in [0.3, 0.4) is 0 Å². The fourth-order valence-electron chi connectivity index (χ4n) is 3.58. The van der Waals surface area contributed by atoms with E-state index in [0.717, 1.165) is 32.1 Å². The Morgan fingerprint density at radius 1 is 1.28 bits per heavy atom. The molecule has 1 unspecified atom stereocenters. The van der Waals surface area contributed by atoms with Gasteiger partial charge < -0.3 is 20.5 Å². The van der Waals surface area contributed by atoms with E-state index >= 15 is 0 Å². The molecule has 1 aromatic rings. The molecule has 0 aromatic heterocycles. The second-order valence-corrected chi connectivity index (χ2v) is 6.65. The van der Waals surface area contributed by atoms with Crippen molar-refractivity contribution in [3.63, 3.8) is 0 Å². The Bertz CT molecular complexity index is 555. The van der Waals surface area contributed by atoms with Crippen molar-refractivity contribution in [2.24, 2.45) is 5.73 Å². The highest BCUT2D eigenvalue weighted by molar-refractivity contribution is 5.85. The summed E-state index contributed by atoms with van der Waals surface area (Å²) in [6.07, 6.45) is 5.78. The van der Waals surface area contributed by atoms with Gasteiger partial charge in [-0.2, -0.15) is 0 Å². The SMILES string of the molecule is Cl.NC[C@H]1CC[C@@H](C(=O)NCCCOC2CCCc3ccccc32)O1. The van der Waals surface area contributed by atoms with Gasteiger partial charge in [-0.25, -0.2) is 0 Å². The van der Waals surface area contributed by atoms with Gasteiger partial charge in [0.05, 0.1) is 12.2 Å². The lowest BCUT2D eigenvalue weighted by Crippen LogP contribution is -2.36. The lowest BCUT2D eigenvalue weighted by molar-refractivity contribution is -0.131. The van der Waals surface area contributed by atoms with Crippen molar-refractivity contribution in [1.82, 2.24) is 5.32 Å². The molecule has 0 saturated carbocycles. The molecule has 0 radical (unpaired) electrons. The van der Waals surface area contributed by atoms with Crippen LogP contribution in [0.5, 0.6) is 0 Å². The number of nitrogens with one attached hydrogen (secondary N) is 1. The third-order valence-corrected chi connectivity index (χ3v) is 4.92. The number of halogens is 1. The minimum Gasteiger partial charge on any atom is -0.373 e. The summed E-state index contributed by atoms with van der Waals surface area (Å²) in [7, 11) is 0. The molecule has 25 heavy (non-hydrogen) atoms. The van der Waals surface area contributed by atoms with Crippen molar-refractivity contribution < 1.29 is 14.3 Å². The Morgan fingerprint density at radius 2 is 2.12 bits per heavy atom. The zero-order chi connectivity index (χ0) is 16.8. The fraction of sp³-hybridized carbons (Fsp3) is 0.632. The first kappa shape index (κ1) is 20.2. The van der Waals surface area contributed by atoms with Gasteiger partial charge in [-0.1, -0.05) is 24.3 Å². The van der Waals surface area contributed by atoms with Crippen LogP contribution < -0.4 is 11.1 Å². The molecule has 1 heterocycles. The summed E-state index contributed by atoms with van der Waals surface area (Å²) in [6, 6.07) is 8.54. The first-order valence-electron chi connectivity index (χ1n) is 9.10. The van der Waals surface area contributed by atoms with Crippen LogP contribution in [0.1, 0.15) is 49.3 Å². The molecule has 0 bridgehead atoms. The highest BCUT2D eigenvalue weighted by atomic mass is 35.5. The number of benzene rings is 1. The van der Waals surface area contributed by atoms with Gasteiger partial charge in [-0.05, 0) is 49.7 Å². The summed E-state index contributed by atoms with van der Waals surface area (Å²) < 4.78 is 11.6. The van der Waals surface area contributed by atoms with Crippen LogP contribution in [0.15, 0.2) is 24.3 Å². The smallest absolute Gasteiger partial charge is 0.249 e. The average Bonchev–Trinajstić information content (AvgIpc) is 3.11. The number of carbonyl (C=O) groups is 1. The molecular formula is C19H29ClN2O3. The molecule has 1 aromatic carbocycles. The molecular weight excluding hydrogens is 340 g/mol. The van der Waals surface area contributed by atoms with E-state index in [4.69, 9.17) is 15.2 Å². The quantitative estimate of drug-likeness (QED) is 0.725. The van der Waals surface area contributed by atoms with Crippen molar-refractivity contribution in [2.45, 2.75) is 56.8 Å². The van der Waals surface area contributed by atoms with Gasteiger partial charge >= 0.3 is 0 Å². The van der Waals surface area contributed by atoms with E-state index in [2.05, 4.69) is 29.6 Å².